The van der Waals surface area contributed by atoms with Crippen LogP contribution < -0.4 is 26.6 Å². The van der Waals surface area contributed by atoms with E-state index in [4.69, 9.17) is 0 Å². The molecule has 10 nitrogen and oxygen atoms in total. The Morgan fingerprint density at radius 2 is 0.857 bits per heavy atom. The Morgan fingerprint density at radius 1 is 0.500 bits per heavy atom. The third-order valence-electron chi connectivity index (χ3n) is 7.18. The lowest BCUT2D eigenvalue weighted by Crippen LogP contribution is -2.59. The van der Waals surface area contributed by atoms with Crippen molar-refractivity contribution >= 4 is 29.5 Å². The minimum atomic E-state index is -0.994. The predicted octanol–water partition coefficient (Wildman–Crippen LogP) is 2.46. The van der Waals surface area contributed by atoms with Crippen LogP contribution in [0.1, 0.15) is 80.2 Å². The summed E-state index contributed by atoms with van der Waals surface area (Å²) in [5, 5.41) is 14.2. The molecule has 0 spiro atoms. The Labute approximate surface area is 250 Å². The average Bonchev–Trinajstić information content (AvgIpc) is 2.89. The minimum absolute atomic E-state index is 0.0595. The molecule has 0 bridgehead atoms. The molecule has 2 rings (SSSR count). The van der Waals surface area contributed by atoms with Gasteiger partial charge in [-0.1, -0.05) is 85.7 Å². The van der Waals surface area contributed by atoms with Crippen molar-refractivity contribution in [3.8, 4) is 0 Å². The van der Waals surface area contributed by atoms with E-state index >= 15 is 0 Å². The molecule has 42 heavy (non-hydrogen) atoms. The lowest BCUT2D eigenvalue weighted by molar-refractivity contribution is -0.135. The van der Waals surface area contributed by atoms with Crippen LogP contribution in [-0.4, -0.2) is 59.7 Å². The highest BCUT2D eigenvalue weighted by Gasteiger charge is 2.36. The molecule has 5 N–H and O–H groups in total. The van der Waals surface area contributed by atoms with Crippen LogP contribution >= 0.6 is 0 Å². The highest BCUT2D eigenvalue weighted by atomic mass is 16.2. The van der Waals surface area contributed by atoms with Crippen molar-refractivity contribution in [2.24, 2.45) is 23.7 Å². The van der Waals surface area contributed by atoms with E-state index in [2.05, 4.69) is 26.6 Å². The Balaban J connectivity index is 2.59. The molecule has 1 aliphatic rings. The number of hydrogen-bond donors (Lipinski definition) is 5. The third-order valence-corrected chi connectivity index (χ3v) is 7.18. The van der Waals surface area contributed by atoms with Crippen molar-refractivity contribution in [1.29, 1.82) is 0 Å². The lowest BCUT2D eigenvalue weighted by atomic mass is 9.98. The fourth-order valence-electron chi connectivity index (χ4n) is 5.04. The average molecular weight is 586 g/mol. The first-order valence-corrected chi connectivity index (χ1v) is 15.2. The smallest absolute Gasteiger partial charge is 0.243 e. The van der Waals surface area contributed by atoms with Crippen molar-refractivity contribution in [2.75, 3.05) is 0 Å². The number of carbonyl (C=O) groups excluding carboxylic acids is 5. The Hall–Kier alpha value is -3.43. The molecular weight excluding hydrogens is 534 g/mol. The normalized spacial score (nSPS) is 25.0. The second kappa shape index (κ2) is 16.3. The van der Waals surface area contributed by atoms with Gasteiger partial charge in [0.1, 0.15) is 30.2 Å². The summed E-state index contributed by atoms with van der Waals surface area (Å²) in [7, 11) is 0. The quantitative estimate of drug-likeness (QED) is 0.302. The summed E-state index contributed by atoms with van der Waals surface area (Å²) < 4.78 is 0. The molecule has 5 atom stereocenters. The van der Waals surface area contributed by atoms with Gasteiger partial charge in [-0.25, -0.2) is 0 Å². The maximum Gasteiger partial charge on any atom is 0.243 e. The first-order chi connectivity index (χ1) is 19.7. The number of rotatable bonds is 9. The number of carbonyl (C=O) groups is 5. The van der Waals surface area contributed by atoms with E-state index in [-0.39, 0.29) is 30.1 Å². The molecule has 1 aromatic carbocycles. The van der Waals surface area contributed by atoms with E-state index in [9.17, 15) is 24.0 Å². The van der Waals surface area contributed by atoms with E-state index < -0.39 is 59.7 Å². The van der Waals surface area contributed by atoms with Crippen molar-refractivity contribution in [3.63, 3.8) is 0 Å². The highest BCUT2D eigenvalue weighted by Crippen LogP contribution is 2.14. The lowest BCUT2D eigenvalue weighted by Gasteiger charge is -2.28. The summed E-state index contributed by atoms with van der Waals surface area (Å²) in [5.41, 5.74) is 0.830. The molecule has 0 unspecified atom stereocenters. The molecule has 1 aromatic rings. The Morgan fingerprint density at radius 3 is 1.26 bits per heavy atom. The van der Waals surface area contributed by atoms with Crippen molar-refractivity contribution < 1.29 is 24.0 Å². The van der Waals surface area contributed by atoms with Crippen LogP contribution in [0, 0.1) is 23.7 Å². The number of nitrogens with one attached hydrogen (secondary N) is 5. The molecule has 0 radical (unpaired) electrons. The van der Waals surface area contributed by atoms with Crippen LogP contribution in [0.4, 0.5) is 0 Å². The molecule has 10 heteroatoms. The van der Waals surface area contributed by atoms with Gasteiger partial charge in [-0.2, -0.15) is 0 Å². The second-order valence-corrected chi connectivity index (χ2v) is 13.1. The summed E-state index contributed by atoms with van der Waals surface area (Å²) in [6.45, 7) is 15.3. The minimum Gasteiger partial charge on any atom is -0.343 e. The van der Waals surface area contributed by atoms with Gasteiger partial charge in [0.25, 0.3) is 0 Å². The van der Waals surface area contributed by atoms with Crippen LogP contribution in [-0.2, 0) is 30.4 Å². The Bertz CT molecular complexity index is 1070. The summed E-state index contributed by atoms with van der Waals surface area (Å²) >= 11 is 0. The summed E-state index contributed by atoms with van der Waals surface area (Å²) in [5.74, 6) is -2.57. The van der Waals surface area contributed by atoms with E-state index in [0.717, 1.165) is 5.56 Å². The topological polar surface area (TPSA) is 146 Å². The molecule has 1 saturated heterocycles. The van der Waals surface area contributed by atoms with Gasteiger partial charge in [0.2, 0.25) is 29.5 Å². The van der Waals surface area contributed by atoms with Gasteiger partial charge in [-0.3, -0.25) is 24.0 Å². The van der Waals surface area contributed by atoms with Gasteiger partial charge in [-0.05, 0) is 48.5 Å². The number of hydrogen-bond acceptors (Lipinski definition) is 5. The van der Waals surface area contributed by atoms with E-state index in [0.29, 0.717) is 19.3 Å². The number of benzene rings is 1. The standard InChI is InChI=1S/C32H51N5O5/c1-18(2)14-23-28(38)34-25(16-20(5)6)31(41)37-27(21(7)8)32(42)36-24(15-19(3)4)29(39)35-26(30(40)33-23)17-22-12-10-9-11-13-22/h9-13,18-21,23-27H,14-17H2,1-8H3,(H,33,40)(H,34,38)(H,35,39)(H,36,42)(H,37,41)/t23-,24+,25-,26-,27-/m0/s1. The molecule has 1 heterocycles. The van der Waals surface area contributed by atoms with Crippen molar-refractivity contribution in [2.45, 2.75) is 111 Å². The largest absolute Gasteiger partial charge is 0.343 e. The first kappa shape index (κ1) is 34.8. The van der Waals surface area contributed by atoms with E-state index in [1.165, 1.54) is 0 Å². The predicted molar refractivity (Wildman–Crippen MR) is 163 cm³/mol. The van der Waals surface area contributed by atoms with Gasteiger partial charge >= 0.3 is 0 Å². The highest BCUT2D eigenvalue weighted by molar-refractivity contribution is 5.98. The summed E-state index contributed by atoms with van der Waals surface area (Å²) in [6.07, 6.45) is 1.21. The molecule has 5 amide bonds. The van der Waals surface area contributed by atoms with Crippen molar-refractivity contribution in [1.82, 2.24) is 26.6 Å². The number of amides is 5. The third kappa shape index (κ3) is 11.1. The fourth-order valence-corrected chi connectivity index (χ4v) is 5.04. The summed E-state index contributed by atoms with van der Waals surface area (Å²) in [6, 6.07) is 4.61. The van der Waals surface area contributed by atoms with Gasteiger partial charge in [0.15, 0.2) is 0 Å². The van der Waals surface area contributed by atoms with Gasteiger partial charge in [0, 0.05) is 6.42 Å². The monoisotopic (exact) mass is 585 g/mol. The maximum absolute atomic E-state index is 13.7. The zero-order valence-corrected chi connectivity index (χ0v) is 26.5. The molecule has 1 aliphatic heterocycles. The molecular formula is C32H51N5O5. The van der Waals surface area contributed by atoms with Gasteiger partial charge in [0.05, 0.1) is 0 Å². The molecule has 234 valence electrons. The van der Waals surface area contributed by atoms with Crippen LogP contribution in [0.3, 0.4) is 0 Å². The fraction of sp³-hybridized carbons (Fsp3) is 0.656. The molecule has 0 aliphatic carbocycles. The van der Waals surface area contributed by atoms with Crippen LogP contribution in [0.5, 0.6) is 0 Å². The first-order valence-electron chi connectivity index (χ1n) is 15.2. The van der Waals surface area contributed by atoms with Crippen LogP contribution in [0.2, 0.25) is 0 Å². The molecule has 0 saturated carbocycles. The molecule has 1 fully saturated rings. The van der Waals surface area contributed by atoms with Crippen molar-refractivity contribution in [3.05, 3.63) is 35.9 Å². The van der Waals surface area contributed by atoms with Gasteiger partial charge < -0.3 is 26.6 Å². The van der Waals surface area contributed by atoms with Crippen LogP contribution in [0.15, 0.2) is 30.3 Å². The van der Waals surface area contributed by atoms with E-state index in [1.54, 1.807) is 0 Å². The summed E-state index contributed by atoms with van der Waals surface area (Å²) in [4.78, 5) is 68.0. The van der Waals surface area contributed by atoms with Crippen LogP contribution in [0.25, 0.3) is 0 Å². The Kier molecular flexibility index (Phi) is 13.5. The van der Waals surface area contributed by atoms with Gasteiger partial charge in [-0.15, -0.1) is 0 Å². The molecule has 0 aromatic heterocycles. The zero-order valence-electron chi connectivity index (χ0n) is 26.5. The maximum atomic E-state index is 13.7. The second-order valence-electron chi connectivity index (χ2n) is 13.1. The van der Waals surface area contributed by atoms with E-state index in [1.807, 2.05) is 85.7 Å². The SMILES string of the molecule is CC(C)C[C@@H]1NC(=O)[C@H](Cc2ccccc2)NC(=O)[C@@H](CC(C)C)NC(=O)[C@H](C(C)C)NC(=O)[C@H](CC(C)C)NC1=O. The zero-order chi connectivity index (χ0) is 31.6.